The molecule has 0 heterocycles. The lowest BCUT2D eigenvalue weighted by Gasteiger charge is -2.25. The summed E-state index contributed by atoms with van der Waals surface area (Å²) in [6, 6.07) is 19.4. The summed E-state index contributed by atoms with van der Waals surface area (Å²) < 4.78 is 11.5. The molecule has 0 aromatic heterocycles. The van der Waals surface area contributed by atoms with Gasteiger partial charge >= 0.3 is 5.97 Å². The first kappa shape index (κ1) is 15.1. The molecular formula is C18H20O3. The van der Waals surface area contributed by atoms with Crippen LogP contribution in [0.1, 0.15) is 31.9 Å². The number of carbonyl (C=O) groups is 1. The minimum atomic E-state index is -0.361. The Morgan fingerprint density at radius 1 is 1.00 bits per heavy atom. The lowest BCUT2D eigenvalue weighted by Crippen LogP contribution is -2.26. The number of hydrogen-bond donors (Lipinski definition) is 0. The summed E-state index contributed by atoms with van der Waals surface area (Å²) in [5, 5.41) is 0. The number of esters is 1. The van der Waals surface area contributed by atoms with Gasteiger partial charge in [0.15, 0.2) is 6.10 Å². The van der Waals surface area contributed by atoms with Crippen molar-refractivity contribution in [2.45, 2.75) is 32.5 Å². The highest BCUT2D eigenvalue weighted by molar-refractivity contribution is 5.69. The number of benzene rings is 2. The van der Waals surface area contributed by atoms with Gasteiger partial charge in [-0.25, -0.2) is 0 Å². The zero-order chi connectivity index (χ0) is 15.1. The van der Waals surface area contributed by atoms with Crippen molar-refractivity contribution in [1.82, 2.24) is 0 Å². The fourth-order valence-electron chi connectivity index (χ4n) is 2.08. The van der Waals surface area contributed by atoms with Crippen LogP contribution in [0.5, 0.6) is 5.75 Å². The fraction of sp³-hybridized carbons (Fsp3) is 0.278. The summed E-state index contributed by atoms with van der Waals surface area (Å²) in [6.07, 6.45) is -0.332. The van der Waals surface area contributed by atoms with Crippen molar-refractivity contribution >= 4 is 5.97 Å². The quantitative estimate of drug-likeness (QED) is 0.748. The molecule has 0 fully saturated rings. The zero-order valence-corrected chi connectivity index (χ0v) is 12.4. The van der Waals surface area contributed by atoms with Gasteiger partial charge in [0.1, 0.15) is 11.9 Å². The van der Waals surface area contributed by atoms with Gasteiger partial charge < -0.3 is 9.47 Å². The Balaban J connectivity index is 2.20. The minimum Gasteiger partial charge on any atom is -0.482 e. The molecule has 1 unspecified atom stereocenters. The molecule has 3 nitrogen and oxygen atoms in total. The second kappa shape index (κ2) is 7.48. The first-order valence-electron chi connectivity index (χ1n) is 7.17. The Hall–Kier alpha value is -2.29. The van der Waals surface area contributed by atoms with Crippen molar-refractivity contribution < 1.29 is 14.3 Å². The maximum atomic E-state index is 11.5. The monoisotopic (exact) mass is 284 g/mol. The largest absolute Gasteiger partial charge is 0.482 e. The Labute approximate surface area is 125 Å². The molecule has 2 rings (SSSR count). The first-order valence-corrected chi connectivity index (χ1v) is 7.17. The molecule has 2 atom stereocenters. The van der Waals surface area contributed by atoms with Crippen molar-refractivity contribution in [1.29, 1.82) is 0 Å². The van der Waals surface area contributed by atoms with Gasteiger partial charge in [0.05, 0.1) is 0 Å². The van der Waals surface area contributed by atoms with Crippen LogP contribution in [0.25, 0.3) is 0 Å². The van der Waals surface area contributed by atoms with Crippen molar-refractivity contribution in [3.63, 3.8) is 0 Å². The first-order chi connectivity index (χ1) is 10.2. The summed E-state index contributed by atoms with van der Waals surface area (Å²) in [4.78, 5) is 11.5. The Morgan fingerprint density at radius 3 is 2.14 bits per heavy atom. The summed E-state index contributed by atoms with van der Waals surface area (Å²) >= 11 is 0. The molecule has 2 aromatic carbocycles. The van der Waals surface area contributed by atoms with Crippen molar-refractivity contribution in [3.05, 3.63) is 66.2 Å². The van der Waals surface area contributed by atoms with E-state index in [-0.39, 0.29) is 18.2 Å². The van der Waals surface area contributed by atoms with E-state index < -0.39 is 0 Å². The minimum absolute atomic E-state index is 0.222. The molecule has 3 heteroatoms. The molecule has 0 radical (unpaired) electrons. The average Bonchev–Trinajstić information content (AvgIpc) is 2.54. The summed E-state index contributed by atoms with van der Waals surface area (Å²) in [5.41, 5.74) is 0.984. The average molecular weight is 284 g/mol. The van der Waals surface area contributed by atoms with Crippen molar-refractivity contribution in [3.8, 4) is 5.75 Å². The van der Waals surface area contributed by atoms with Gasteiger partial charge in [0, 0.05) is 6.42 Å². The topological polar surface area (TPSA) is 35.5 Å². The van der Waals surface area contributed by atoms with Gasteiger partial charge in [-0.3, -0.25) is 4.79 Å². The molecule has 110 valence electrons. The van der Waals surface area contributed by atoms with Crippen LogP contribution in [-0.4, -0.2) is 12.1 Å². The Kier molecular flexibility index (Phi) is 5.38. The predicted molar refractivity (Wildman–Crippen MR) is 82.1 cm³/mol. The van der Waals surface area contributed by atoms with Gasteiger partial charge in [-0.15, -0.1) is 0 Å². The maximum Gasteiger partial charge on any atom is 0.305 e. The lowest BCUT2D eigenvalue weighted by atomic mass is 10.1. The standard InChI is InChI=1S/C18H20O3/c1-3-17(19)20-14(2)18(15-10-6-4-7-11-15)21-16-12-8-5-9-13-16/h4-14,18H,3H2,1-2H3/t14?,18-/m1/s1. The molecule has 0 spiro atoms. The predicted octanol–water partition coefficient (Wildman–Crippen LogP) is 4.15. The Morgan fingerprint density at radius 2 is 1.57 bits per heavy atom. The molecule has 0 saturated carbocycles. The van der Waals surface area contributed by atoms with Crippen LogP contribution in [0.4, 0.5) is 0 Å². The highest BCUT2D eigenvalue weighted by Crippen LogP contribution is 2.26. The smallest absolute Gasteiger partial charge is 0.305 e. The molecule has 21 heavy (non-hydrogen) atoms. The number of para-hydroxylation sites is 1. The molecule has 0 bridgehead atoms. The normalized spacial score (nSPS) is 13.2. The van der Waals surface area contributed by atoms with E-state index in [9.17, 15) is 4.79 Å². The number of rotatable bonds is 6. The Bertz CT molecular complexity index is 551. The van der Waals surface area contributed by atoms with Crippen LogP contribution in [0.15, 0.2) is 60.7 Å². The van der Waals surface area contributed by atoms with Crippen molar-refractivity contribution in [2.75, 3.05) is 0 Å². The van der Waals surface area contributed by atoms with Gasteiger partial charge in [-0.1, -0.05) is 55.5 Å². The molecule has 0 aliphatic rings. The molecule has 0 aliphatic heterocycles. The molecular weight excluding hydrogens is 264 g/mol. The number of ether oxygens (including phenoxy) is 2. The second-order valence-electron chi connectivity index (χ2n) is 4.81. The van der Waals surface area contributed by atoms with Crippen LogP contribution < -0.4 is 4.74 Å². The summed E-state index contributed by atoms with van der Waals surface area (Å²) in [6.45, 7) is 3.64. The summed E-state index contributed by atoms with van der Waals surface area (Å²) in [7, 11) is 0. The van der Waals surface area contributed by atoms with Gasteiger partial charge in [0.25, 0.3) is 0 Å². The molecule has 0 saturated heterocycles. The van der Waals surface area contributed by atoms with E-state index in [1.54, 1.807) is 6.92 Å². The molecule has 0 amide bonds. The van der Waals surface area contributed by atoms with E-state index >= 15 is 0 Å². The van der Waals surface area contributed by atoms with E-state index in [1.165, 1.54) is 0 Å². The van der Waals surface area contributed by atoms with E-state index in [1.807, 2.05) is 67.6 Å². The van der Waals surface area contributed by atoms with E-state index in [4.69, 9.17) is 9.47 Å². The molecule has 2 aromatic rings. The van der Waals surface area contributed by atoms with Crippen molar-refractivity contribution in [2.24, 2.45) is 0 Å². The third kappa shape index (κ3) is 4.35. The highest BCUT2D eigenvalue weighted by Gasteiger charge is 2.24. The van der Waals surface area contributed by atoms with Gasteiger partial charge in [0.2, 0.25) is 0 Å². The van der Waals surface area contributed by atoms with Crippen LogP contribution in [-0.2, 0) is 9.53 Å². The lowest BCUT2D eigenvalue weighted by molar-refractivity contribution is -0.152. The number of carbonyl (C=O) groups excluding carboxylic acids is 1. The molecule has 0 N–H and O–H groups in total. The summed E-state index contributed by atoms with van der Waals surface area (Å²) in [5.74, 6) is 0.533. The maximum absolute atomic E-state index is 11.5. The van der Waals surface area contributed by atoms with Crippen LogP contribution in [0.2, 0.25) is 0 Å². The third-order valence-electron chi connectivity index (χ3n) is 3.17. The molecule has 0 aliphatic carbocycles. The van der Waals surface area contributed by atoms with E-state index in [2.05, 4.69) is 0 Å². The van der Waals surface area contributed by atoms with Gasteiger partial charge in [-0.05, 0) is 24.6 Å². The third-order valence-corrected chi connectivity index (χ3v) is 3.17. The van der Waals surface area contributed by atoms with Gasteiger partial charge in [-0.2, -0.15) is 0 Å². The van der Waals surface area contributed by atoms with Crippen LogP contribution >= 0.6 is 0 Å². The van der Waals surface area contributed by atoms with Crippen LogP contribution in [0.3, 0.4) is 0 Å². The van der Waals surface area contributed by atoms with Crippen LogP contribution in [0, 0.1) is 0 Å². The number of hydrogen-bond acceptors (Lipinski definition) is 3. The fourth-order valence-corrected chi connectivity index (χ4v) is 2.08. The highest BCUT2D eigenvalue weighted by atomic mass is 16.6. The van der Waals surface area contributed by atoms with E-state index in [0.29, 0.717) is 6.42 Å². The van der Waals surface area contributed by atoms with E-state index in [0.717, 1.165) is 11.3 Å². The SMILES string of the molecule is CCC(=O)OC(C)[C@@H](Oc1ccccc1)c1ccccc1. The second-order valence-corrected chi connectivity index (χ2v) is 4.81. The zero-order valence-electron chi connectivity index (χ0n) is 12.4.